The summed E-state index contributed by atoms with van der Waals surface area (Å²) in [4.78, 5) is 13.3. The molecule has 3 aromatic rings. The minimum atomic E-state index is -3.95. The van der Waals surface area contributed by atoms with Crippen LogP contribution >= 0.6 is 0 Å². The maximum absolute atomic E-state index is 13.6. The van der Waals surface area contributed by atoms with E-state index in [1.54, 1.807) is 30.3 Å². The standard InChI is InChI=1S/C26H30N2O3S/c1-6-22-9-7-8-20(4)26(22)27-25(29)17-28(24-15-12-19(3)16-21(24)5)32(30,31)23-13-10-18(2)11-14-23/h7-16H,6,17H2,1-5H3,(H,27,29). The van der Waals surface area contributed by atoms with Crippen molar-refractivity contribution in [3.63, 3.8) is 0 Å². The van der Waals surface area contributed by atoms with Crippen molar-refractivity contribution in [1.29, 1.82) is 0 Å². The minimum absolute atomic E-state index is 0.154. The lowest BCUT2D eigenvalue weighted by Crippen LogP contribution is -2.38. The number of sulfonamides is 1. The highest BCUT2D eigenvalue weighted by Gasteiger charge is 2.28. The molecule has 0 fully saturated rings. The topological polar surface area (TPSA) is 66.5 Å². The van der Waals surface area contributed by atoms with Gasteiger partial charge in [-0.25, -0.2) is 8.42 Å². The van der Waals surface area contributed by atoms with E-state index in [1.807, 2.05) is 65.0 Å². The van der Waals surface area contributed by atoms with Gasteiger partial charge in [-0.05, 0) is 69.0 Å². The summed E-state index contributed by atoms with van der Waals surface area (Å²) in [5.74, 6) is -0.385. The lowest BCUT2D eigenvalue weighted by molar-refractivity contribution is -0.114. The fourth-order valence-electron chi connectivity index (χ4n) is 3.73. The third-order valence-electron chi connectivity index (χ3n) is 5.52. The van der Waals surface area contributed by atoms with Gasteiger partial charge in [0.05, 0.1) is 10.6 Å². The van der Waals surface area contributed by atoms with E-state index in [4.69, 9.17) is 0 Å². The van der Waals surface area contributed by atoms with Crippen LogP contribution in [0.15, 0.2) is 65.6 Å². The van der Waals surface area contributed by atoms with Crippen molar-refractivity contribution in [3.05, 3.63) is 88.5 Å². The van der Waals surface area contributed by atoms with Crippen molar-refractivity contribution in [2.75, 3.05) is 16.2 Å². The molecular formula is C26H30N2O3S. The van der Waals surface area contributed by atoms with Crippen molar-refractivity contribution in [1.82, 2.24) is 0 Å². The zero-order chi connectivity index (χ0) is 23.5. The Morgan fingerprint density at radius 1 is 0.875 bits per heavy atom. The van der Waals surface area contributed by atoms with Gasteiger partial charge < -0.3 is 5.32 Å². The van der Waals surface area contributed by atoms with E-state index in [9.17, 15) is 13.2 Å². The summed E-state index contributed by atoms with van der Waals surface area (Å²) in [6.45, 7) is 9.34. The highest BCUT2D eigenvalue weighted by molar-refractivity contribution is 7.92. The molecule has 0 aliphatic carbocycles. The van der Waals surface area contributed by atoms with Crippen molar-refractivity contribution >= 4 is 27.3 Å². The molecule has 3 rings (SSSR count). The molecule has 0 bridgehead atoms. The molecule has 3 aromatic carbocycles. The smallest absolute Gasteiger partial charge is 0.264 e. The monoisotopic (exact) mass is 450 g/mol. The largest absolute Gasteiger partial charge is 0.324 e. The van der Waals surface area contributed by atoms with Gasteiger partial charge in [-0.2, -0.15) is 0 Å². The van der Waals surface area contributed by atoms with Crippen LogP contribution in [0.2, 0.25) is 0 Å². The number of hydrogen-bond acceptors (Lipinski definition) is 3. The molecule has 0 atom stereocenters. The molecule has 5 nitrogen and oxygen atoms in total. The van der Waals surface area contributed by atoms with Crippen LogP contribution in [0.3, 0.4) is 0 Å². The van der Waals surface area contributed by atoms with Gasteiger partial charge in [0.25, 0.3) is 10.0 Å². The fraction of sp³-hybridized carbons (Fsp3) is 0.269. The average Bonchev–Trinajstić information content (AvgIpc) is 2.74. The molecule has 0 unspecified atom stereocenters. The summed E-state index contributed by atoms with van der Waals surface area (Å²) in [6, 6.07) is 18.1. The van der Waals surface area contributed by atoms with Crippen LogP contribution < -0.4 is 9.62 Å². The first-order chi connectivity index (χ1) is 15.1. The number of carbonyl (C=O) groups excluding carboxylic acids is 1. The van der Waals surface area contributed by atoms with Gasteiger partial charge in [0.2, 0.25) is 5.91 Å². The van der Waals surface area contributed by atoms with Gasteiger partial charge in [0, 0.05) is 5.69 Å². The second-order valence-corrected chi connectivity index (χ2v) is 9.99. The number of rotatable bonds is 7. The summed E-state index contributed by atoms with van der Waals surface area (Å²) in [5, 5.41) is 2.95. The molecule has 0 saturated carbocycles. The first-order valence-electron chi connectivity index (χ1n) is 10.7. The zero-order valence-corrected chi connectivity index (χ0v) is 20.1. The Balaban J connectivity index is 2.02. The Morgan fingerprint density at radius 3 is 2.16 bits per heavy atom. The molecule has 6 heteroatoms. The van der Waals surface area contributed by atoms with E-state index in [0.29, 0.717) is 5.69 Å². The van der Waals surface area contributed by atoms with Crippen LogP contribution in [0.1, 0.15) is 34.7 Å². The third kappa shape index (κ3) is 5.02. The number of nitrogens with zero attached hydrogens (tertiary/aromatic N) is 1. The van der Waals surface area contributed by atoms with Crippen LogP contribution in [0.4, 0.5) is 11.4 Å². The van der Waals surface area contributed by atoms with Gasteiger partial charge in [-0.3, -0.25) is 9.10 Å². The lowest BCUT2D eigenvalue weighted by atomic mass is 10.1. The van der Waals surface area contributed by atoms with Gasteiger partial charge in [-0.1, -0.05) is 60.5 Å². The quantitative estimate of drug-likeness (QED) is 0.530. The molecule has 1 amide bonds. The van der Waals surface area contributed by atoms with Crippen LogP contribution in [-0.2, 0) is 21.2 Å². The van der Waals surface area contributed by atoms with Crippen LogP contribution in [0.25, 0.3) is 0 Å². The molecule has 0 heterocycles. The van der Waals surface area contributed by atoms with Crippen molar-refractivity contribution < 1.29 is 13.2 Å². The molecule has 0 aromatic heterocycles. The summed E-state index contributed by atoms with van der Waals surface area (Å²) < 4.78 is 28.4. The van der Waals surface area contributed by atoms with Crippen molar-refractivity contribution in [2.24, 2.45) is 0 Å². The van der Waals surface area contributed by atoms with Gasteiger partial charge in [-0.15, -0.1) is 0 Å². The van der Waals surface area contributed by atoms with Crippen LogP contribution in [-0.4, -0.2) is 20.9 Å². The SMILES string of the molecule is CCc1cccc(C)c1NC(=O)CN(c1ccc(C)cc1C)S(=O)(=O)c1ccc(C)cc1. The number of nitrogens with one attached hydrogen (secondary N) is 1. The number of benzene rings is 3. The van der Waals surface area contributed by atoms with E-state index in [-0.39, 0.29) is 17.3 Å². The number of hydrogen-bond donors (Lipinski definition) is 1. The van der Waals surface area contributed by atoms with Crippen LogP contribution in [0, 0.1) is 27.7 Å². The Labute approximate surface area is 191 Å². The Kier molecular flexibility index (Phi) is 7.04. The predicted octanol–water partition coefficient (Wildman–Crippen LogP) is 5.32. The molecular weight excluding hydrogens is 420 g/mol. The summed E-state index contributed by atoms with van der Waals surface area (Å²) in [5.41, 5.74) is 5.97. The number of carbonyl (C=O) groups is 1. The molecule has 168 valence electrons. The van der Waals surface area contributed by atoms with E-state index in [2.05, 4.69) is 5.32 Å². The highest BCUT2D eigenvalue weighted by atomic mass is 32.2. The maximum Gasteiger partial charge on any atom is 0.264 e. The molecule has 0 saturated heterocycles. The Morgan fingerprint density at radius 2 is 1.53 bits per heavy atom. The molecule has 0 radical (unpaired) electrons. The van der Waals surface area contributed by atoms with Gasteiger partial charge in [0.15, 0.2) is 0 Å². The predicted molar refractivity (Wildman–Crippen MR) is 131 cm³/mol. The molecule has 0 aliphatic heterocycles. The normalized spacial score (nSPS) is 11.3. The summed E-state index contributed by atoms with van der Waals surface area (Å²) in [6.07, 6.45) is 0.764. The van der Waals surface area contributed by atoms with E-state index in [1.165, 1.54) is 4.31 Å². The van der Waals surface area contributed by atoms with E-state index in [0.717, 1.165) is 39.9 Å². The Bertz CT molecular complexity index is 1230. The summed E-state index contributed by atoms with van der Waals surface area (Å²) >= 11 is 0. The fourth-order valence-corrected chi connectivity index (χ4v) is 5.22. The van der Waals surface area contributed by atoms with Gasteiger partial charge in [0.1, 0.15) is 6.54 Å². The average molecular weight is 451 g/mol. The van der Waals surface area contributed by atoms with Gasteiger partial charge >= 0.3 is 0 Å². The molecule has 32 heavy (non-hydrogen) atoms. The van der Waals surface area contributed by atoms with Crippen LogP contribution in [0.5, 0.6) is 0 Å². The number of amides is 1. The maximum atomic E-state index is 13.6. The number of anilines is 2. The third-order valence-corrected chi connectivity index (χ3v) is 7.30. The molecule has 1 N–H and O–H groups in total. The molecule has 0 aliphatic rings. The lowest BCUT2D eigenvalue weighted by Gasteiger charge is -2.26. The highest BCUT2D eigenvalue weighted by Crippen LogP contribution is 2.28. The summed E-state index contributed by atoms with van der Waals surface area (Å²) in [7, 11) is -3.95. The minimum Gasteiger partial charge on any atom is -0.324 e. The van der Waals surface area contributed by atoms with E-state index < -0.39 is 10.0 Å². The number of para-hydroxylation sites is 1. The second-order valence-electron chi connectivity index (χ2n) is 8.13. The van der Waals surface area contributed by atoms with Crippen molar-refractivity contribution in [2.45, 2.75) is 45.9 Å². The van der Waals surface area contributed by atoms with E-state index >= 15 is 0 Å². The first kappa shape index (κ1) is 23.5. The zero-order valence-electron chi connectivity index (χ0n) is 19.3. The number of aryl methyl sites for hydroxylation is 5. The first-order valence-corrected chi connectivity index (χ1v) is 12.1. The Hall–Kier alpha value is -3.12. The second kappa shape index (κ2) is 9.57. The molecule has 0 spiro atoms. The van der Waals surface area contributed by atoms with Crippen molar-refractivity contribution in [3.8, 4) is 0 Å².